The Kier molecular flexibility index (Phi) is 9.04. The molecule has 1 aliphatic heterocycles. The maximum absolute atomic E-state index is 13.5. The number of carbonyl (C=O) groups excluding carboxylic acids is 3. The molecule has 1 atom stereocenters. The van der Waals surface area contributed by atoms with Crippen LogP contribution in [0.15, 0.2) is 35.2 Å². The number of amides is 2. The third kappa shape index (κ3) is 6.14. The molecule has 1 aromatic carbocycles. The van der Waals surface area contributed by atoms with E-state index < -0.39 is 5.97 Å². The van der Waals surface area contributed by atoms with E-state index in [4.69, 9.17) is 4.74 Å². The van der Waals surface area contributed by atoms with Gasteiger partial charge in [0.1, 0.15) is 17.1 Å². The fourth-order valence-corrected chi connectivity index (χ4v) is 4.83. The fourth-order valence-electron chi connectivity index (χ4n) is 4.03. The van der Waals surface area contributed by atoms with Crippen molar-refractivity contribution in [3.05, 3.63) is 53.1 Å². The second-order valence-electron chi connectivity index (χ2n) is 8.20. The number of nitrogens with zero attached hydrogens (tertiary/aromatic N) is 4. The second-order valence-corrected chi connectivity index (χ2v) is 9.25. The third-order valence-corrected chi connectivity index (χ3v) is 6.60. The largest absolute Gasteiger partial charge is 0.462 e. The van der Waals surface area contributed by atoms with Crippen LogP contribution in [0.2, 0.25) is 0 Å². The Morgan fingerprint density at radius 2 is 1.85 bits per heavy atom. The van der Waals surface area contributed by atoms with Gasteiger partial charge in [-0.1, -0.05) is 31.5 Å². The van der Waals surface area contributed by atoms with Crippen molar-refractivity contribution in [3.8, 4) is 0 Å². The summed E-state index contributed by atoms with van der Waals surface area (Å²) in [5.41, 5.74) is 0.780. The van der Waals surface area contributed by atoms with Crippen LogP contribution in [0.5, 0.6) is 0 Å². The third-order valence-electron chi connectivity index (χ3n) is 5.61. The van der Waals surface area contributed by atoms with Crippen LogP contribution in [0.25, 0.3) is 0 Å². The van der Waals surface area contributed by atoms with Gasteiger partial charge in [-0.05, 0) is 39.3 Å². The molecule has 1 aliphatic rings. The molecule has 3 rings (SSSR count). The van der Waals surface area contributed by atoms with Crippen molar-refractivity contribution in [1.29, 1.82) is 0 Å². The summed E-state index contributed by atoms with van der Waals surface area (Å²) >= 11 is 1.51. The maximum atomic E-state index is 13.5. The zero-order valence-electron chi connectivity index (χ0n) is 20.2. The van der Waals surface area contributed by atoms with Crippen molar-refractivity contribution in [3.63, 3.8) is 0 Å². The Hall–Kier alpha value is -2.94. The van der Waals surface area contributed by atoms with Gasteiger partial charge in [-0.15, -0.1) is 11.8 Å². The van der Waals surface area contributed by atoms with Crippen molar-refractivity contribution in [2.45, 2.75) is 51.5 Å². The van der Waals surface area contributed by atoms with Crippen molar-refractivity contribution >= 4 is 29.5 Å². The van der Waals surface area contributed by atoms with Crippen molar-refractivity contribution in [2.75, 3.05) is 32.0 Å². The normalized spacial score (nSPS) is 15.8. The molecule has 0 N–H and O–H groups in total. The zero-order valence-corrected chi connectivity index (χ0v) is 21.1. The van der Waals surface area contributed by atoms with Crippen LogP contribution in [0.3, 0.4) is 0 Å². The summed E-state index contributed by atoms with van der Waals surface area (Å²) in [5, 5.41) is 0. The van der Waals surface area contributed by atoms with Crippen LogP contribution in [0, 0.1) is 6.92 Å². The number of aryl methyl sites for hydroxylation is 2. The Morgan fingerprint density at radius 3 is 2.50 bits per heavy atom. The van der Waals surface area contributed by atoms with E-state index in [0.717, 1.165) is 11.3 Å². The van der Waals surface area contributed by atoms with E-state index in [9.17, 15) is 14.4 Å². The maximum Gasteiger partial charge on any atom is 0.342 e. The van der Waals surface area contributed by atoms with Gasteiger partial charge < -0.3 is 14.5 Å². The summed E-state index contributed by atoms with van der Waals surface area (Å²) in [7, 11) is 0. The van der Waals surface area contributed by atoms with Crippen LogP contribution >= 0.6 is 11.8 Å². The van der Waals surface area contributed by atoms with Crippen LogP contribution in [0.1, 0.15) is 59.6 Å². The van der Waals surface area contributed by atoms with Gasteiger partial charge in [0.05, 0.1) is 18.1 Å². The molecular formula is C25H32N4O4S. The minimum absolute atomic E-state index is 0.0452. The lowest BCUT2D eigenvalue weighted by molar-refractivity contribution is -0.132. The van der Waals surface area contributed by atoms with E-state index in [-0.39, 0.29) is 35.7 Å². The number of thioether (sulfide) groups is 1. The topological polar surface area (TPSA) is 92.7 Å². The molecule has 1 saturated heterocycles. The molecule has 182 valence electrons. The first-order chi connectivity index (χ1) is 16.3. The zero-order chi connectivity index (χ0) is 24.7. The number of hydrogen-bond donors (Lipinski definition) is 0. The van der Waals surface area contributed by atoms with Gasteiger partial charge in [-0.2, -0.15) is 0 Å². The number of rotatable bonds is 8. The molecule has 0 aliphatic carbocycles. The van der Waals surface area contributed by atoms with E-state index in [0.29, 0.717) is 43.3 Å². The molecule has 0 spiro atoms. The number of aromatic nitrogens is 2. The van der Waals surface area contributed by atoms with E-state index in [1.165, 1.54) is 11.8 Å². The number of hydrogen-bond acceptors (Lipinski definition) is 7. The first-order valence-electron chi connectivity index (χ1n) is 11.7. The highest BCUT2D eigenvalue weighted by Gasteiger charge is 2.34. The van der Waals surface area contributed by atoms with Crippen LogP contribution in [-0.4, -0.2) is 75.6 Å². The summed E-state index contributed by atoms with van der Waals surface area (Å²) in [4.78, 5) is 52.3. The van der Waals surface area contributed by atoms with Gasteiger partial charge in [0.2, 0.25) is 5.91 Å². The first kappa shape index (κ1) is 25.7. The molecular weight excluding hydrogens is 452 g/mol. The fraction of sp³-hybridized carbons (Fsp3) is 0.480. The molecule has 0 saturated carbocycles. The smallest absolute Gasteiger partial charge is 0.342 e. The van der Waals surface area contributed by atoms with E-state index in [2.05, 4.69) is 9.97 Å². The standard InChI is InChI=1S/C25H32N4O4S/c1-5-10-20-22(25(32)33-6-2)23(27-18(4)26-20)24(31)28-13-14-29(17(3)15-28)21(30)16-34-19-11-8-7-9-12-19/h7-9,11-12,17H,5-6,10,13-16H2,1-4H3. The van der Waals surface area contributed by atoms with Gasteiger partial charge in [0, 0.05) is 30.6 Å². The highest BCUT2D eigenvalue weighted by Crippen LogP contribution is 2.22. The molecule has 34 heavy (non-hydrogen) atoms. The molecule has 1 unspecified atom stereocenters. The number of carbonyl (C=O) groups is 3. The molecule has 9 heteroatoms. The lowest BCUT2D eigenvalue weighted by Gasteiger charge is -2.40. The van der Waals surface area contributed by atoms with E-state index >= 15 is 0 Å². The summed E-state index contributed by atoms with van der Waals surface area (Å²) < 4.78 is 5.22. The van der Waals surface area contributed by atoms with E-state index in [1.807, 2.05) is 49.1 Å². The lowest BCUT2D eigenvalue weighted by atomic mass is 10.1. The SMILES string of the molecule is CCCc1nc(C)nc(C(=O)N2CCN(C(=O)CSc3ccccc3)C(C)C2)c1C(=O)OCC. The van der Waals surface area contributed by atoms with Gasteiger partial charge in [-0.3, -0.25) is 9.59 Å². The monoisotopic (exact) mass is 484 g/mol. The van der Waals surface area contributed by atoms with Gasteiger partial charge >= 0.3 is 5.97 Å². The lowest BCUT2D eigenvalue weighted by Crippen LogP contribution is -2.56. The van der Waals surface area contributed by atoms with Crippen LogP contribution in [-0.2, 0) is 16.0 Å². The minimum Gasteiger partial charge on any atom is -0.462 e. The quantitative estimate of drug-likeness (QED) is 0.419. The van der Waals surface area contributed by atoms with Gasteiger partial charge in [0.15, 0.2) is 0 Å². The number of benzene rings is 1. The molecule has 0 radical (unpaired) electrons. The summed E-state index contributed by atoms with van der Waals surface area (Å²) in [6.07, 6.45) is 1.32. The predicted molar refractivity (Wildman–Crippen MR) is 131 cm³/mol. The number of ether oxygens (including phenoxy) is 1. The van der Waals surface area contributed by atoms with Gasteiger partial charge in [0.25, 0.3) is 5.91 Å². The molecule has 2 amide bonds. The highest BCUT2D eigenvalue weighted by atomic mass is 32.2. The van der Waals surface area contributed by atoms with Crippen LogP contribution in [0.4, 0.5) is 0 Å². The molecule has 0 bridgehead atoms. The predicted octanol–water partition coefficient (Wildman–Crippen LogP) is 3.38. The second kappa shape index (κ2) is 12.0. The Morgan fingerprint density at radius 1 is 1.12 bits per heavy atom. The molecule has 1 fully saturated rings. The molecule has 1 aromatic heterocycles. The molecule has 2 heterocycles. The number of esters is 1. The van der Waals surface area contributed by atoms with Crippen LogP contribution < -0.4 is 0 Å². The van der Waals surface area contributed by atoms with E-state index in [1.54, 1.807) is 18.7 Å². The summed E-state index contributed by atoms with van der Waals surface area (Å²) in [6.45, 7) is 8.74. The highest BCUT2D eigenvalue weighted by molar-refractivity contribution is 8.00. The minimum atomic E-state index is -0.575. The Balaban J connectivity index is 1.74. The van der Waals surface area contributed by atoms with Crippen molar-refractivity contribution in [1.82, 2.24) is 19.8 Å². The average molecular weight is 485 g/mol. The Bertz CT molecular complexity index is 1030. The van der Waals surface area contributed by atoms with Crippen molar-refractivity contribution < 1.29 is 19.1 Å². The molecule has 8 nitrogen and oxygen atoms in total. The first-order valence-corrected chi connectivity index (χ1v) is 12.6. The van der Waals surface area contributed by atoms with Gasteiger partial charge in [-0.25, -0.2) is 14.8 Å². The van der Waals surface area contributed by atoms with Crippen molar-refractivity contribution in [2.24, 2.45) is 0 Å². The average Bonchev–Trinajstić information content (AvgIpc) is 2.82. The summed E-state index contributed by atoms with van der Waals surface area (Å²) in [5.74, 6) is -0.0677. The Labute approximate surface area is 205 Å². The summed E-state index contributed by atoms with van der Waals surface area (Å²) in [6, 6.07) is 9.66. The molecule has 2 aromatic rings. The number of piperazine rings is 1.